The van der Waals surface area contributed by atoms with Crippen molar-refractivity contribution in [2.45, 2.75) is 33.1 Å². The van der Waals surface area contributed by atoms with E-state index in [9.17, 15) is 9.59 Å². The topological polar surface area (TPSA) is 52.6 Å². The van der Waals surface area contributed by atoms with Gasteiger partial charge in [-0.25, -0.2) is 0 Å². The highest BCUT2D eigenvalue weighted by atomic mass is 16.5. The summed E-state index contributed by atoms with van der Waals surface area (Å²) in [5, 5.41) is 0. The molecular formula is C11H20O4. The SMILES string of the molecule is COC(=O)CCC(CC(=O)OC)C(C)C. The first-order valence-electron chi connectivity index (χ1n) is 5.14. The third-order valence-electron chi connectivity index (χ3n) is 2.55. The van der Waals surface area contributed by atoms with Gasteiger partial charge in [0.2, 0.25) is 0 Å². The van der Waals surface area contributed by atoms with Crippen molar-refractivity contribution in [3.8, 4) is 0 Å². The summed E-state index contributed by atoms with van der Waals surface area (Å²) in [5.74, 6) is 0.0781. The highest BCUT2D eigenvalue weighted by Crippen LogP contribution is 2.21. The fourth-order valence-corrected chi connectivity index (χ4v) is 1.37. The standard InChI is InChI=1S/C11H20O4/c1-8(2)9(7-11(13)15-4)5-6-10(12)14-3/h8-9H,5-7H2,1-4H3. The molecule has 0 fully saturated rings. The average Bonchev–Trinajstić information content (AvgIpc) is 2.22. The Hall–Kier alpha value is -1.06. The molecule has 0 radical (unpaired) electrons. The van der Waals surface area contributed by atoms with Gasteiger partial charge in [0.1, 0.15) is 0 Å². The second-order valence-corrected chi connectivity index (χ2v) is 3.90. The molecule has 15 heavy (non-hydrogen) atoms. The number of methoxy groups -OCH3 is 2. The van der Waals surface area contributed by atoms with E-state index >= 15 is 0 Å². The second-order valence-electron chi connectivity index (χ2n) is 3.90. The molecule has 1 atom stereocenters. The van der Waals surface area contributed by atoms with Gasteiger partial charge in [0, 0.05) is 12.8 Å². The van der Waals surface area contributed by atoms with Crippen LogP contribution in [0, 0.1) is 11.8 Å². The third-order valence-corrected chi connectivity index (χ3v) is 2.55. The molecule has 0 saturated carbocycles. The maximum Gasteiger partial charge on any atom is 0.305 e. The zero-order chi connectivity index (χ0) is 11.8. The van der Waals surface area contributed by atoms with Crippen molar-refractivity contribution in [1.29, 1.82) is 0 Å². The number of esters is 2. The van der Waals surface area contributed by atoms with Gasteiger partial charge in [0.05, 0.1) is 14.2 Å². The summed E-state index contributed by atoms with van der Waals surface area (Å²) < 4.78 is 9.17. The average molecular weight is 216 g/mol. The molecule has 0 heterocycles. The predicted octanol–water partition coefficient (Wildman–Crippen LogP) is 1.77. The Labute approximate surface area is 90.9 Å². The Morgan fingerprint density at radius 2 is 1.60 bits per heavy atom. The Kier molecular flexibility index (Phi) is 6.75. The van der Waals surface area contributed by atoms with E-state index in [2.05, 4.69) is 9.47 Å². The maximum absolute atomic E-state index is 11.1. The van der Waals surface area contributed by atoms with E-state index in [1.165, 1.54) is 14.2 Å². The molecule has 88 valence electrons. The monoisotopic (exact) mass is 216 g/mol. The molecule has 0 amide bonds. The van der Waals surface area contributed by atoms with Crippen LogP contribution < -0.4 is 0 Å². The number of carbonyl (C=O) groups is 2. The van der Waals surface area contributed by atoms with Crippen molar-refractivity contribution >= 4 is 11.9 Å². The van der Waals surface area contributed by atoms with Crippen molar-refractivity contribution in [3.05, 3.63) is 0 Å². The molecule has 0 aliphatic heterocycles. The van der Waals surface area contributed by atoms with Crippen molar-refractivity contribution in [1.82, 2.24) is 0 Å². The minimum Gasteiger partial charge on any atom is -0.469 e. The van der Waals surface area contributed by atoms with E-state index in [1.54, 1.807) is 0 Å². The van der Waals surface area contributed by atoms with Crippen molar-refractivity contribution in [2.24, 2.45) is 11.8 Å². The lowest BCUT2D eigenvalue weighted by Gasteiger charge is -2.18. The van der Waals surface area contributed by atoms with Gasteiger partial charge in [-0.3, -0.25) is 9.59 Å². The normalized spacial score (nSPS) is 12.3. The van der Waals surface area contributed by atoms with Gasteiger partial charge < -0.3 is 9.47 Å². The van der Waals surface area contributed by atoms with Crippen molar-refractivity contribution < 1.29 is 19.1 Å². The highest BCUT2D eigenvalue weighted by Gasteiger charge is 2.19. The molecule has 1 unspecified atom stereocenters. The lowest BCUT2D eigenvalue weighted by molar-refractivity contribution is -0.144. The van der Waals surface area contributed by atoms with Crippen LogP contribution in [0.15, 0.2) is 0 Å². The number of hydrogen-bond donors (Lipinski definition) is 0. The fraction of sp³-hybridized carbons (Fsp3) is 0.818. The van der Waals surface area contributed by atoms with Gasteiger partial charge in [0.25, 0.3) is 0 Å². The van der Waals surface area contributed by atoms with E-state index in [1.807, 2.05) is 13.8 Å². The number of ether oxygens (including phenoxy) is 2. The van der Waals surface area contributed by atoms with Crippen molar-refractivity contribution in [2.75, 3.05) is 14.2 Å². The lowest BCUT2D eigenvalue weighted by atomic mass is 9.88. The first kappa shape index (κ1) is 13.9. The summed E-state index contributed by atoms with van der Waals surface area (Å²) in [6.07, 6.45) is 1.39. The van der Waals surface area contributed by atoms with Crippen LogP contribution in [0.5, 0.6) is 0 Å². The van der Waals surface area contributed by atoms with E-state index in [4.69, 9.17) is 0 Å². The summed E-state index contributed by atoms with van der Waals surface area (Å²) >= 11 is 0. The summed E-state index contributed by atoms with van der Waals surface area (Å²) in [4.78, 5) is 22.1. The summed E-state index contributed by atoms with van der Waals surface area (Å²) in [7, 11) is 2.74. The van der Waals surface area contributed by atoms with Crippen LogP contribution >= 0.6 is 0 Å². The first-order chi connectivity index (χ1) is 7.01. The van der Waals surface area contributed by atoms with Gasteiger partial charge in [-0.2, -0.15) is 0 Å². The zero-order valence-electron chi connectivity index (χ0n) is 9.91. The molecule has 0 aromatic carbocycles. The minimum absolute atomic E-state index is 0.177. The maximum atomic E-state index is 11.1. The largest absolute Gasteiger partial charge is 0.469 e. The van der Waals surface area contributed by atoms with Crippen LogP contribution in [0.25, 0.3) is 0 Å². The molecule has 0 N–H and O–H groups in total. The van der Waals surface area contributed by atoms with Crippen LogP contribution in [0.3, 0.4) is 0 Å². The molecular weight excluding hydrogens is 196 g/mol. The molecule has 0 bridgehead atoms. The quantitative estimate of drug-likeness (QED) is 0.635. The Bertz CT molecular complexity index is 211. The van der Waals surface area contributed by atoms with Gasteiger partial charge in [-0.05, 0) is 18.3 Å². The lowest BCUT2D eigenvalue weighted by Crippen LogP contribution is -2.17. The molecule has 0 aromatic heterocycles. The zero-order valence-corrected chi connectivity index (χ0v) is 9.91. The van der Waals surface area contributed by atoms with E-state index in [0.717, 1.165) is 0 Å². The molecule has 0 spiro atoms. The second kappa shape index (κ2) is 7.26. The smallest absolute Gasteiger partial charge is 0.305 e. The van der Waals surface area contributed by atoms with Crippen LogP contribution in [0.1, 0.15) is 33.1 Å². The van der Waals surface area contributed by atoms with Gasteiger partial charge >= 0.3 is 11.9 Å². The van der Waals surface area contributed by atoms with E-state index < -0.39 is 0 Å². The van der Waals surface area contributed by atoms with Gasteiger partial charge in [0.15, 0.2) is 0 Å². The third kappa shape index (κ3) is 6.10. The van der Waals surface area contributed by atoms with E-state index in [0.29, 0.717) is 25.2 Å². The van der Waals surface area contributed by atoms with Crippen LogP contribution in [0.2, 0.25) is 0 Å². The Morgan fingerprint density at radius 1 is 1.07 bits per heavy atom. The summed E-state index contributed by atoms with van der Waals surface area (Å²) in [6, 6.07) is 0. The molecule has 0 saturated heterocycles. The Morgan fingerprint density at radius 3 is 2.00 bits per heavy atom. The molecule has 4 nitrogen and oxygen atoms in total. The number of rotatable bonds is 6. The van der Waals surface area contributed by atoms with Gasteiger partial charge in [-0.15, -0.1) is 0 Å². The Balaban J connectivity index is 4.05. The summed E-state index contributed by atoms with van der Waals surface area (Å²) in [5.41, 5.74) is 0. The fourth-order valence-electron chi connectivity index (χ4n) is 1.37. The molecule has 0 aliphatic carbocycles. The van der Waals surface area contributed by atoms with E-state index in [-0.39, 0.29) is 17.9 Å². The highest BCUT2D eigenvalue weighted by molar-refractivity contribution is 5.70. The van der Waals surface area contributed by atoms with Crippen LogP contribution in [-0.4, -0.2) is 26.2 Å². The summed E-state index contributed by atoms with van der Waals surface area (Å²) in [6.45, 7) is 4.07. The van der Waals surface area contributed by atoms with Crippen LogP contribution in [-0.2, 0) is 19.1 Å². The molecule has 0 aliphatic rings. The van der Waals surface area contributed by atoms with Crippen LogP contribution in [0.4, 0.5) is 0 Å². The number of hydrogen-bond acceptors (Lipinski definition) is 4. The number of carbonyl (C=O) groups excluding carboxylic acids is 2. The minimum atomic E-state index is -0.231. The molecule has 0 aromatic rings. The predicted molar refractivity (Wildman–Crippen MR) is 56.2 cm³/mol. The molecule has 0 rings (SSSR count). The first-order valence-corrected chi connectivity index (χ1v) is 5.14. The van der Waals surface area contributed by atoms with Crippen molar-refractivity contribution in [3.63, 3.8) is 0 Å². The molecule has 4 heteroatoms. The van der Waals surface area contributed by atoms with Gasteiger partial charge in [-0.1, -0.05) is 13.8 Å².